The van der Waals surface area contributed by atoms with E-state index in [0.717, 1.165) is 28.5 Å². The number of benzene rings is 2. The van der Waals surface area contributed by atoms with Crippen LogP contribution >= 0.6 is 0 Å². The molecule has 31 heavy (non-hydrogen) atoms. The first-order valence-corrected chi connectivity index (χ1v) is 11.0. The van der Waals surface area contributed by atoms with Gasteiger partial charge in [0.25, 0.3) is 0 Å². The summed E-state index contributed by atoms with van der Waals surface area (Å²) in [6, 6.07) is 12.4. The van der Waals surface area contributed by atoms with Gasteiger partial charge in [0.05, 0.1) is 14.2 Å². The van der Waals surface area contributed by atoms with Crippen molar-refractivity contribution in [3.8, 4) is 11.5 Å². The zero-order valence-corrected chi connectivity index (χ0v) is 19.4. The topological polar surface area (TPSA) is 63.4 Å². The second kappa shape index (κ2) is 9.90. The lowest BCUT2D eigenvalue weighted by atomic mass is 9.87. The van der Waals surface area contributed by atoms with Crippen LogP contribution in [0.3, 0.4) is 0 Å². The predicted octanol–water partition coefficient (Wildman–Crippen LogP) is 5.43. The SMILES string of the molecule is CCc1cccc2c([C@@H](CC(=O)N[C@@H](C)C(C)C)c3ccc(OC)c(OC)c3)c[nH]c12. The molecule has 2 aromatic carbocycles. The van der Waals surface area contributed by atoms with Gasteiger partial charge in [0.15, 0.2) is 11.5 Å². The van der Waals surface area contributed by atoms with E-state index in [2.05, 4.69) is 49.3 Å². The monoisotopic (exact) mass is 422 g/mol. The van der Waals surface area contributed by atoms with E-state index >= 15 is 0 Å². The third kappa shape index (κ3) is 4.87. The summed E-state index contributed by atoms with van der Waals surface area (Å²) in [5.41, 5.74) is 4.55. The van der Waals surface area contributed by atoms with Crippen molar-refractivity contribution in [2.45, 2.75) is 52.5 Å². The standard InChI is InChI=1S/C26H34N2O3/c1-7-18-9-8-10-20-22(15-27-26(18)20)21(14-25(29)28-17(4)16(2)3)19-11-12-23(30-5)24(13-19)31-6/h8-13,15-17,21,27H,7,14H2,1-6H3,(H,28,29)/t17-,21-/m0/s1. The van der Waals surface area contributed by atoms with E-state index in [1.165, 1.54) is 5.56 Å². The van der Waals surface area contributed by atoms with Gasteiger partial charge in [-0.1, -0.05) is 45.0 Å². The summed E-state index contributed by atoms with van der Waals surface area (Å²) in [5.74, 6) is 1.65. The maximum Gasteiger partial charge on any atom is 0.221 e. The Morgan fingerprint density at radius 3 is 2.45 bits per heavy atom. The van der Waals surface area contributed by atoms with Crippen molar-refractivity contribution in [2.24, 2.45) is 5.92 Å². The lowest BCUT2D eigenvalue weighted by molar-refractivity contribution is -0.122. The normalized spacial score (nSPS) is 13.3. The molecule has 166 valence electrons. The van der Waals surface area contributed by atoms with Crippen LogP contribution in [0.4, 0.5) is 0 Å². The molecule has 0 saturated heterocycles. The van der Waals surface area contributed by atoms with Crippen molar-refractivity contribution in [2.75, 3.05) is 14.2 Å². The van der Waals surface area contributed by atoms with Crippen molar-refractivity contribution >= 4 is 16.8 Å². The molecule has 2 N–H and O–H groups in total. The minimum Gasteiger partial charge on any atom is -0.493 e. The van der Waals surface area contributed by atoms with E-state index < -0.39 is 0 Å². The summed E-state index contributed by atoms with van der Waals surface area (Å²) in [6.07, 6.45) is 3.35. The zero-order valence-electron chi connectivity index (χ0n) is 19.4. The van der Waals surface area contributed by atoms with Crippen molar-refractivity contribution in [1.29, 1.82) is 0 Å². The molecule has 0 spiro atoms. The Kier molecular flexibility index (Phi) is 7.26. The van der Waals surface area contributed by atoms with E-state index in [4.69, 9.17) is 9.47 Å². The summed E-state index contributed by atoms with van der Waals surface area (Å²) in [4.78, 5) is 16.5. The minimum atomic E-state index is -0.111. The van der Waals surface area contributed by atoms with E-state index in [0.29, 0.717) is 23.8 Å². The van der Waals surface area contributed by atoms with Gasteiger partial charge in [-0.25, -0.2) is 0 Å². The Balaban J connectivity index is 2.06. The lowest BCUT2D eigenvalue weighted by Gasteiger charge is -2.22. The van der Waals surface area contributed by atoms with Gasteiger partial charge in [-0.15, -0.1) is 0 Å². The molecular weight excluding hydrogens is 388 g/mol. The Labute approximate surface area is 185 Å². The number of amides is 1. The van der Waals surface area contributed by atoms with Crippen LogP contribution in [0.5, 0.6) is 11.5 Å². The Morgan fingerprint density at radius 2 is 1.81 bits per heavy atom. The number of fused-ring (bicyclic) bond motifs is 1. The zero-order chi connectivity index (χ0) is 22.5. The second-order valence-corrected chi connectivity index (χ2v) is 8.41. The van der Waals surface area contributed by atoms with Gasteiger partial charge in [0, 0.05) is 35.5 Å². The van der Waals surface area contributed by atoms with E-state index in [1.807, 2.05) is 31.3 Å². The highest BCUT2D eigenvalue weighted by atomic mass is 16.5. The number of rotatable bonds is 9. The second-order valence-electron chi connectivity index (χ2n) is 8.41. The summed E-state index contributed by atoms with van der Waals surface area (Å²) in [7, 11) is 3.26. The first-order valence-electron chi connectivity index (χ1n) is 11.0. The van der Waals surface area contributed by atoms with Crippen molar-refractivity contribution < 1.29 is 14.3 Å². The number of carbonyl (C=O) groups excluding carboxylic acids is 1. The minimum absolute atomic E-state index is 0.0435. The highest BCUT2D eigenvalue weighted by Gasteiger charge is 2.24. The molecule has 1 amide bonds. The van der Waals surface area contributed by atoms with E-state index in [-0.39, 0.29) is 17.9 Å². The number of aromatic amines is 1. The molecule has 0 radical (unpaired) electrons. The number of aromatic nitrogens is 1. The molecule has 1 heterocycles. The third-order valence-corrected chi connectivity index (χ3v) is 6.18. The summed E-state index contributed by atoms with van der Waals surface area (Å²) in [5, 5.41) is 4.31. The molecule has 0 saturated carbocycles. The Bertz CT molecular complexity index is 1040. The fraction of sp³-hybridized carbons (Fsp3) is 0.423. The predicted molar refractivity (Wildman–Crippen MR) is 126 cm³/mol. The molecule has 3 aromatic rings. The van der Waals surface area contributed by atoms with Crippen molar-refractivity contribution in [3.05, 3.63) is 59.3 Å². The first kappa shape index (κ1) is 22.7. The molecule has 0 bridgehead atoms. The maximum atomic E-state index is 13.0. The van der Waals surface area contributed by atoms with E-state index in [9.17, 15) is 4.79 Å². The van der Waals surface area contributed by atoms with Gasteiger partial charge in [-0.05, 0) is 48.1 Å². The number of para-hydroxylation sites is 1. The Hall–Kier alpha value is -2.95. The molecule has 0 aliphatic rings. The summed E-state index contributed by atoms with van der Waals surface area (Å²) < 4.78 is 10.9. The smallest absolute Gasteiger partial charge is 0.221 e. The quantitative estimate of drug-likeness (QED) is 0.483. The number of hydrogen-bond donors (Lipinski definition) is 2. The van der Waals surface area contributed by atoms with Crippen LogP contribution in [-0.4, -0.2) is 31.2 Å². The molecule has 1 aromatic heterocycles. The van der Waals surface area contributed by atoms with Gasteiger partial charge >= 0.3 is 0 Å². The highest BCUT2D eigenvalue weighted by molar-refractivity contribution is 5.88. The fourth-order valence-electron chi connectivity index (χ4n) is 3.96. The lowest BCUT2D eigenvalue weighted by Crippen LogP contribution is -2.36. The summed E-state index contributed by atoms with van der Waals surface area (Å²) in [6.45, 7) is 8.43. The molecule has 0 aliphatic carbocycles. The third-order valence-electron chi connectivity index (χ3n) is 6.18. The molecule has 0 unspecified atom stereocenters. The maximum absolute atomic E-state index is 13.0. The molecular formula is C26H34N2O3. The van der Waals surface area contributed by atoms with E-state index in [1.54, 1.807) is 14.2 Å². The first-order chi connectivity index (χ1) is 14.9. The molecule has 0 aliphatic heterocycles. The van der Waals surface area contributed by atoms with Crippen molar-refractivity contribution in [3.63, 3.8) is 0 Å². The van der Waals surface area contributed by atoms with Gasteiger partial charge in [-0.2, -0.15) is 0 Å². The molecule has 0 fully saturated rings. The molecule has 3 rings (SSSR count). The van der Waals surface area contributed by atoms with Gasteiger partial charge in [0.2, 0.25) is 5.91 Å². The van der Waals surface area contributed by atoms with Gasteiger partial charge < -0.3 is 19.8 Å². The van der Waals surface area contributed by atoms with Gasteiger partial charge in [0.1, 0.15) is 0 Å². The highest BCUT2D eigenvalue weighted by Crippen LogP contribution is 2.38. The fourth-order valence-corrected chi connectivity index (χ4v) is 3.96. The Morgan fingerprint density at radius 1 is 1.06 bits per heavy atom. The number of nitrogens with one attached hydrogen (secondary N) is 2. The van der Waals surface area contributed by atoms with Crippen LogP contribution in [0.25, 0.3) is 10.9 Å². The molecule has 5 nitrogen and oxygen atoms in total. The van der Waals surface area contributed by atoms with Crippen molar-refractivity contribution in [1.82, 2.24) is 10.3 Å². The number of methoxy groups -OCH3 is 2. The van der Waals surface area contributed by atoms with Crippen LogP contribution in [0.15, 0.2) is 42.6 Å². The van der Waals surface area contributed by atoms with Crippen LogP contribution in [0, 0.1) is 5.92 Å². The number of carbonyl (C=O) groups is 1. The number of hydrogen-bond acceptors (Lipinski definition) is 3. The number of aryl methyl sites for hydroxylation is 1. The average Bonchev–Trinajstić information content (AvgIpc) is 3.20. The van der Waals surface area contributed by atoms with Crippen LogP contribution < -0.4 is 14.8 Å². The summed E-state index contributed by atoms with van der Waals surface area (Å²) >= 11 is 0. The van der Waals surface area contributed by atoms with Crippen LogP contribution in [0.1, 0.15) is 56.7 Å². The number of ether oxygens (including phenoxy) is 2. The largest absolute Gasteiger partial charge is 0.493 e. The number of H-pyrrole nitrogens is 1. The van der Waals surface area contributed by atoms with Gasteiger partial charge in [-0.3, -0.25) is 4.79 Å². The van der Waals surface area contributed by atoms with Crippen LogP contribution in [-0.2, 0) is 11.2 Å². The van der Waals surface area contributed by atoms with Crippen LogP contribution in [0.2, 0.25) is 0 Å². The molecule has 2 atom stereocenters. The molecule has 5 heteroatoms. The average molecular weight is 423 g/mol.